The molecule has 101 heavy (non-hydrogen) atoms. The first-order valence-electron chi connectivity index (χ1n) is 34.2. The quantitative estimate of drug-likeness (QED) is 0.0460. The number of halogens is 2. The number of ether oxygens (including phenoxy) is 3. The van der Waals surface area contributed by atoms with Gasteiger partial charge in [0.1, 0.15) is 29.2 Å². The van der Waals surface area contributed by atoms with E-state index in [9.17, 15) is 48.6 Å². The molecule has 4 saturated heterocycles. The highest BCUT2D eigenvalue weighted by molar-refractivity contribution is 7.12. The van der Waals surface area contributed by atoms with Crippen LogP contribution in [0, 0.1) is 51.2 Å². The van der Waals surface area contributed by atoms with E-state index in [0.29, 0.717) is 91.9 Å². The zero-order valence-corrected chi connectivity index (χ0v) is 59.9. The lowest BCUT2D eigenvalue weighted by atomic mass is 9.84. The first kappa shape index (κ1) is 71.7. The highest BCUT2D eigenvalue weighted by Crippen LogP contribution is 2.50. The number of aryl methyl sites for hydroxylation is 2. The smallest absolute Gasteiger partial charge is 0.341 e. The molecule has 6 fully saturated rings. The van der Waals surface area contributed by atoms with E-state index in [-0.39, 0.29) is 92.8 Å². The second-order valence-electron chi connectivity index (χ2n) is 28.4. The molecule has 20 nitrogen and oxygen atoms in total. The van der Waals surface area contributed by atoms with Crippen LogP contribution in [0.15, 0.2) is 93.1 Å². The second-order valence-corrected chi connectivity index (χ2v) is 30.3. The number of benzene rings is 4. The lowest BCUT2D eigenvalue weighted by Crippen LogP contribution is -2.47. The van der Waals surface area contributed by atoms with Crippen LogP contribution in [-0.4, -0.2) is 137 Å². The molecule has 0 radical (unpaired) electrons. The maximum Gasteiger partial charge on any atom is 0.341 e. The molecule has 4 aromatic heterocycles. The fraction of sp³-hybridized carbons (Fsp3) is 0.429. The third kappa shape index (κ3) is 13.2. The molecule has 532 valence electrons. The van der Waals surface area contributed by atoms with Crippen molar-refractivity contribution >= 4 is 91.3 Å². The number of anilines is 2. The number of rotatable bonds is 18. The van der Waals surface area contributed by atoms with Crippen LogP contribution in [0.5, 0.6) is 11.5 Å². The van der Waals surface area contributed by atoms with Crippen LogP contribution < -0.4 is 35.4 Å². The van der Waals surface area contributed by atoms with Gasteiger partial charge in [0.05, 0.1) is 56.6 Å². The number of hydrogen-bond acceptors (Lipinski definition) is 17. The summed E-state index contributed by atoms with van der Waals surface area (Å²) in [6.07, 6.45) is 7.48. The summed E-state index contributed by atoms with van der Waals surface area (Å²) in [5.41, 5.74) is 1.32. The summed E-state index contributed by atoms with van der Waals surface area (Å²) >= 11 is 2.79. The van der Waals surface area contributed by atoms with Crippen molar-refractivity contribution in [2.45, 2.75) is 142 Å². The molecule has 4 unspecified atom stereocenters. The van der Waals surface area contributed by atoms with E-state index in [1.54, 1.807) is 109 Å². The minimum Gasteiger partial charge on any atom is -0.492 e. The van der Waals surface area contributed by atoms with Gasteiger partial charge in [-0.1, -0.05) is 60.7 Å². The van der Waals surface area contributed by atoms with E-state index in [0.717, 1.165) is 76.6 Å². The molecule has 0 amide bonds. The molecule has 4 aliphatic heterocycles. The van der Waals surface area contributed by atoms with Gasteiger partial charge < -0.3 is 53.8 Å². The third-order valence-corrected chi connectivity index (χ3v) is 23.2. The number of methoxy groups -OCH3 is 2. The fourth-order valence-corrected chi connectivity index (χ4v) is 16.7. The van der Waals surface area contributed by atoms with E-state index in [2.05, 4.69) is 10.2 Å². The van der Waals surface area contributed by atoms with Crippen molar-refractivity contribution in [2.24, 2.45) is 11.8 Å². The highest BCUT2D eigenvalue weighted by atomic mass is 32.1. The fourth-order valence-electron chi connectivity index (χ4n) is 15.4. The molecule has 0 bridgehead atoms. The van der Waals surface area contributed by atoms with Crippen molar-refractivity contribution in [3.63, 3.8) is 0 Å². The summed E-state index contributed by atoms with van der Waals surface area (Å²) in [7, 11) is 2.96. The lowest BCUT2D eigenvalue weighted by Gasteiger charge is -2.36. The number of pyridine rings is 2. The zero-order chi connectivity index (χ0) is 72.4. The number of nitrogens with zero attached hydrogens (tertiary/aromatic N) is 5. The van der Waals surface area contributed by atoms with Gasteiger partial charge >= 0.3 is 23.9 Å². The van der Waals surface area contributed by atoms with E-state index >= 15 is 8.78 Å². The summed E-state index contributed by atoms with van der Waals surface area (Å²) in [6, 6.07) is 21.5. The number of carboxylic acid groups (broad SMARTS) is 3. The Hall–Kier alpha value is -9.10. The molecular formula is C77H84F2N6O14S2. The molecule has 2 aliphatic carbocycles. The third-order valence-electron chi connectivity index (χ3n) is 21.4. The highest BCUT2D eigenvalue weighted by Gasteiger charge is 2.45. The van der Waals surface area contributed by atoms with Gasteiger partial charge in [0.25, 0.3) is 0 Å². The predicted molar refractivity (Wildman–Crippen MR) is 384 cm³/mol. The van der Waals surface area contributed by atoms with Crippen LogP contribution >= 0.6 is 22.7 Å². The van der Waals surface area contributed by atoms with E-state index in [4.69, 9.17) is 19.3 Å². The minimum absolute atomic E-state index is 0.0000490. The van der Waals surface area contributed by atoms with E-state index in [1.165, 1.54) is 43.8 Å². The lowest BCUT2D eigenvalue weighted by molar-refractivity contribution is -0.156. The van der Waals surface area contributed by atoms with Crippen molar-refractivity contribution in [1.82, 2.24) is 19.4 Å². The van der Waals surface area contributed by atoms with Gasteiger partial charge in [0.2, 0.25) is 22.4 Å². The Morgan fingerprint density at radius 3 is 1.45 bits per heavy atom. The van der Waals surface area contributed by atoms with Gasteiger partial charge in [0, 0.05) is 90.5 Å². The van der Waals surface area contributed by atoms with Crippen molar-refractivity contribution < 1.29 is 67.1 Å². The number of ketones is 2. The molecule has 8 heterocycles. The Morgan fingerprint density at radius 1 is 0.584 bits per heavy atom. The summed E-state index contributed by atoms with van der Waals surface area (Å²) in [6.45, 7) is 17.5. The standard InChI is InChI=1S/C39H42FN3O7S.C23H28FN3O4.C15H14O3S/c1-21-29-32(43(26-14-15-26)22(2)30(35(29)45)37(46)47)36(49-5)33(31(21)40)42-18-24-8-6-16-41(27(24)19-42)20-50-38(48)39(3,4)25-12-10-23(11-13-25)34(44)28-9-7-17-51-28;1-11-16-19(27(14-6-7-14)12(2)17(21(16)28)23(29)30)22(31-3)20(18(11)24)26-9-13-5-4-8-25-15(13)10-26;1-15(2,14(17)18)11-7-5-10(6-8-11)13(16)12-4-3-9-19-12/h7,9-13,17,24,26-27H,6,8,14-16,18-20H2,1-5H3,(H,46,47);13-15,25H,4-10H2,1-3H3,(H,29,30);3-9H,1-2H3,(H,17,18). The zero-order valence-electron chi connectivity index (χ0n) is 58.3. The van der Waals surface area contributed by atoms with Crippen LogP contribution in [0.2, 0.25) is 0 Å². The summed E-state index contributed by atoms with van der Waals surface area (Å²) in [4.78, 5) is 108. The molecule has 0 spiro atoms. The maximum atomic E-state index is 16.5. The number of fused-ring (bicyclic) bond motifs is 4. The number of esters is 1. The first-order valence-corrected chi connectivity index (χ1v) is 36.0. The molecular weight excluding hydrogens is 1340 g/mol. The van der Waals surface area contributed by atoms with Gasteiger partial charge in [0.15, 0.2) is 23.1 Å². The normalized spacial score (nSPS) is 19.0. The number of likely N-dealkylation sites (tertiary alicyclic amines) is 1. The average molecular weight is 1420 g/mol. The summed E-state index contributed by atoms with van der Waals surface area (Å²) < 4.78 is 53.8. The molecule has 4 N–H and O–H groups in total. The van der Waals surface area contributed by atoms with Crippen molar-refractivity contribution in [3.05, 3.63) is 181 Å². The molecule has 6 aliphatic rings. The van der Waals surface area contributed by atoms with Crippen molar-refractivity contribution in [2.75, 3.05) is 70.0 Å². The van der Waals surface area contributed by atoms with Crippen LogP contribution in [0.1, 0.15) is 176 Å². The summed E-state index contributed by atoms with van der Waals surface area (Å²) in [5.74, 6) is -3.86. The number of nitrogens with one attached hydrogen (secondary N) is 1. The number of aliphatic carboxylic acids is 1. The first-order chi connectivity index (χ1) is 48.1. The Bertz CT molecular complexity index is 4720. The van der Waals surface area contributed by atoms with Crippen LogP contribution in [0.25, 0.3) is 21.8 Å². The van der Waals surface area contributed by atoms with E-state index < -0.39 is 51.2 Å². The second kappa shape index (κ2) is 28.4. The number of carbonyl (C=O) groups excluding carboxylic acids is 3. The van der Waals surface area contributed by atoms with Crippen molar-refractivity contribution in [3.8, 4) is 11.5 Å². The van der Waals surface area contributed by atoms with Gasteiger partial charge in [-0.2, -0.15) is 0 Å². The van der Waals surface area contributed by atoms with Crippen molar-refractivity contribution in [1.29, 1.82) is 0 Å². The Labute approximate surface area is 591 Å². The average Bonchev–Trinajstić information content (AvgIpc) is 1.71. The van der Waals surface area contributed by atoms with Gasteiger partial charge in [-0.15, -0.1) is 22.7 Å². The minimum atomic E-state index is -1.33. The molecule has 8 aromatic rings. The Morgan fingerprint density at radius 2 is 1.03 bits per heavy atom. The van der Waals surface area contributed by atoms with Crippen LogP contribution in [-0.2, 0) is 25.2 Å². The number of aromatic carboxylic acids is 2. The summed E-state index contributed by atoms with van der Waals surface area (Å²) in [5, 5.41) is 36.2. The molecule has 4 atom stereocenters. The molecule has 2 saturated carbocycles. The van der Waals surface area contributed by atoms with Crippen LogP contribution in [0.3, 0.4) is 0 Å². The van der Waals surface area contributed by atoms with E-state index in [1.807, 2.05) is 41.8 Å². The molecule has 24 heteroatoms. The Kier molecular flexibility index (Phi) is 20.1. The van der Waals surface area contributed by atoms with Gasteiger partial charge in [-0.25, -0.2) is 18.4 Å². The van der Waals surface area contributed by atoms with Gasteiger partial charge in [-0.05, 0) is 159 Å². The number of carboxylic acids is 3. The number of aromatic nitrogens is 2. The molecule has 14 rings (SSSR count). The van der Waals surface area contributed by atoms with Crippen LogP contribution in [0.4, 0.5) is 20.2 Å². The number of thiophene rings is 2. The SMILES string of the molecule is CC(C)(C(=O)O)c1ccc(C(=O)c2cccs2)cc1.COc1c(N2CC3CCCN(COC(=O)C(C)(C)c4ccc(C(=O)c5cccs5)cc4)C3C2)c(F)c(C)c2c(=O)c(C(=O)O)c(C)n(C3CC3)c12.COc1c(N2CC3CCCNC3C2)c(F)c(C)c2c(=O)c(C(=O)O)c(C)n(C3CC3)c12. The molecule has 4 aromatic carbocycles. The number of carbonyl (C=O) groups is 6. The number of piperidine rings is 2. The largest absolute Gasteiger partial charge is 0.492 e. The Balaban J connectivity index is 0.000000162. The monoisotopic (exact) mass is 1420 g/mol. The van der Waals surface area contributed by atoms with Gasteiger partial charge in [-0.3, -0.25) is 33.7 Å². The predicted octanol–water partition coefficient (Wildman–Crippen LogP) is 12.8. The number of hydrogen-bond donors (Lipinski definition) is 4. The maximum absolute atomic E-state index is 16.5. The topological polar surface area (TPSA) is 257 Å².